The number of carbonyl (C=O) groups is 1. The molecule has 0 aromatic heterocycles. The van der Waals surface area contributed by atoms with Crippen molar-refractivity contribution in [3.05, 3.63) is 0 Å². The molecular formula is C8H14N2O. The molecule has 62 valence electrons. The second-order valence-electron chi connectivity index (χ2n) is 3.58. The number of amides is 2. The topological polar surface area (TPSA) is 32.3 Å². The molecule has 3 nitrogen and oxygen atoms in total. The Hall–Kier alpha value is -0.730. The number of hydrogen-bond acceptors (Lipinski definition) is 1. The van der Waals surface area contributed by atoms with Gasteiger partial charge in [-0.3, -0.25) is 0 Å². The summed E-state index contributed by atoms with van der Waals surface area (Å²) >= 11 is 0. The van der Waals surface area contributed by atoms with Crippen molar-refractivity contribution < 1.29 is 4.79 Å². The normalized spacial score (nSPS) is 36.8. The Morgan fingerprint density at radius 1 is 1.64 bits per heavy atom. The third kappa shape index (κ3) is 1.08. The summed E-state index contributed by atoms with van der Waals surface area (Å²) in [5, 5.41) is 2.94. The van der Waals surface area contributed by atoms with E-state index in [4.69, 9.17) is 0 Å². The van der Waals surface area contributed by atoms with Crippen LogP contribution in [-0.4, -0.2) is 29.6 Å². The average Bonchev–Trinajstić information content (AvgIpc) is 2.34. The molecule has 2 aliphatic rings. The fraction of sp³-hybridized carbons (Fsp3) is 0.875. The van der Waals surface area contributed by atoms with E-state index in [1.807, 2.05) is 4.90 Å². The van der Waals surface area contributed by atoms with Gasteiger partial charge in [-0.25, -0.2) is 4.79 Å². The van der Waals surface area contributed by atoms with Gasteiger partial charge >= 0.3 is 6.03 Å². The zero-order valence-corrected chi connectivity index (χ0v) is 6.84. The molecule has 0 aromatic carbocycles. The summed E-state index contributed by atoms with van der Waals surface area (Å²) in [4.78, 5) is 13.3. The molecule has 2 rings (SSSR count). The average molecular weight is 154 g/mol. The summed E-state index contributed by atoms with van der Waals surface area (Å²) in [5.41, 5.74) is 0. The van der Waals surface area contributed by atoms with Gasteiger partial charge in [0.05, 0.1) is 0 Å². The van der Waals surface area contributed by atoms with Crippen molar-refractivity contribution in [2.45, 2.75) is 38.3 Å². The molecule has 0 spiro atoms. The molecule has 0 aromatic rings. The van der Waals surface area contributed by atoms with Gasteiger partial charge in [-0.2, -0.15) is 0 Å². The molecule has 3 heteroatoms. The predicted molar refractivity (Wildman–Crippen MR) is 42.3 cm³/mol. The Balaban J connectivity index is 2.10. The summed E-state index contributed by atoms with van der Waals surface area (Å²) < 4.78 is 0. The lowest BCUT2D eigenvalue weighted by Gasteiger charge is -2.33. The van der Waals surface area contributed by atoms with Crippen molar-refractivity contribution in [3.8, 4) is 0 Å². The first-order valence-corrected chi connectivity index (χ1v) is 4.34. The summed E-state index contributed by atoms with van der Waals surface area (Å²) in [6.45, 7) is 3.04. The van der Waals surface area contributed by atoms with Gasteiger partial charge in [0.25, 0.3) is 0 Å². The first kappa shape index (κ1) is 6.95. The van der Waals surface area contributed by atoms with Crippen LogP contribution in [0.5, 0.6) is 0 Å². The van der Waals surface area contributed by atoms with Crippen molar-refractivity contribution in [2.75, 3.05) is 6.54 Å². The van der Waals surface area contributed by atoms with Crippen LogP contribution in [-0.2, 0) is 0 Å². The maximum atomic E-state index is 11.3. The molecule has 1 N–H and O–H groups in total. The van der Waals surface area contributed by atoms with E-state index < -0.39 is 0 Å². The van der Waals surface area contributed by atoms with E-state index in [0.717, 1.165) is 13.0 Å². The third-order valence-electron chi connectivity index (χ3n) is 2.63. The minimum absolute atomic E-state index is 0.145. The smallest absolute Gasteiger partial charge is 0.317 e. The molecule has 0 bridgehead atoms. The van der Waals surface area contributed by atoms with Crippen LogP contribution in [0.3, 0.4) is 0 Å². The second-order valence-corrected chi connectivity index (χ2v) is 3.58. The molecule has 0 aliphatic carbocycles. The summed E-state index contributed by atoms with van der Waals surface area (Å²) in [6, 6.07) is 1.06. The summed E-state index contributed by atoms with van der Waals surface area (Å²) in [5.74, 6) is 0. The maximum Gasteiger partial charge on any atom is 0.317 e. The molecule has 2 heterocycles. The van der Waals surface area contributed by atoms with E-state index in [9.17, 15) is 4.79 Å². The van der Waals surface area contributed by atoms with Crippen molar-refractivity contribution in [1.82, 2.24) is 10.2 Å². The molecular weight excluding hydrogens is 140 g/mol. The van der Waals surface area contributed by atoms with Crippen LogP contribution in [0, 0.1) is 0 Å². The van der Waals surface area contributed by atoms with E-state index in [2.05, 4.69) is 12.2 Å². The lowest BCUT2D eigenvalue weighted by Crippen LogP contribution is -2.53. The van der Waals surface area contributed by atoms with Crippen LogP contribution in [0.2, 0.25) is 0 Å². The Labute approximate surface area is 66.8 Å². The van der Waals surface area contributed by atoms with Crippen molar-refractivity contribution in [1.29, 1.82) is 0 Å². The zero-order chi connectivity index (χ0) is 7.84. The van der Waals surface area contributed by atoms with E-state index in [1.165, 1.54) is 12.8 Å². The standard InChI is InChI=1S/C8H14N2O/c1-6-5-7-3-2-4-10(7)8(11)9-6/h6-7H,2-5H2,1H3,(H,9,11). The Kier molecular flexibility index (Phi) is 1.51. The van der Waals surface area contributed by atoms with Gasteiger partial charge in [-0.05, 0) is 26.2 Å². The molecule has 2 atom stereocenters. The lowest BCUT2D eigenvalue weighted by atomic mass is 10.0. The van der Waals surface area contributed by atoms with Crippen LogP contribution < -0.4 is 5.32 Å². The number of nitrogens with one attached hydrogen (secondary N) is 1. The first-order chi connectivity index (χ1) is 5.27. The molecule has 2 amide bonds. The largest absolute Gasteiger partial charge is 0.335 e. The number of urea groups is 1. The zero-order valence-electron chi connectivity index (χ0n) is 6.84. The van der Waals surface area contributed by atoms with Gasteiger partial charge in [0.2, 0.25) is 0 Å². The Bertz CT molecular complexity index is 181. The number of nitrogens with zero attached hydrogens (tertiary/aromatic N) is 1. The lowest BCUT2D eigenvalue weighted by molar-refractivity contribution is 0.164. The SMILES string of the molecule is CC1CC2CCCN2C(=O)N1. The number of hydrogen-bond donors (Lipinski definition) is 1. The van der Waals surface area contributed by atoms with Gasteiger partial charge in [0.15, 0.2) is 0 Å². The van der Waals surface area contributed by atoms with Gasteiger partial charge < -0.3 is 10.2 Å². The monoisotopic (exact) mass is 154 g/mol. The molecule has 2 saturated heterocycles. The van der Waals surface area contributed by atoms with Crippen LogP contribution in [0.1, 0.15) is 26.2 Å². The fourth-order valence-electron chi connectivity index (χ4n) is 2.11. The number of rotatable bonds is 0. The highest BCUT2D eigenvalue weighted by molar-refractivity contribution is 5.76. The minimum atomic E-state index is 0.145. The van der Waals surface area contributed by atoms with Crippen LogP contribution in [0.25, 0.3) is 0 Å². The minimum Gasteiger partial charge on any atom is -0.335 e. The number of carbonyl (C=O) groups excluding carboxylic acids is 1. The Morgan fingerprint density at radius 3 is 3.27 bits per heavy atom. The molecule has 0 saturated carbocycles. The highest BCUT2D eigenvalue weighted by Gasteiger charge is 2.34. The predicted octanol–water partition coefficient (Wildman–Crippen LogP) is 0.953. The van der Waals surface area contributed by atoms with Crippen molar-refractivity contribution in [2.24, 2.45) is 0 Å². The second kappa shape index (κ2) is 2.40. The highest BCUT2D eigenvalue weighted by atomic mass is 16.2. The van der Waals surface area contributed by atoms with Crippen LogP contribution in [0.15, 0.2) is 0 Å². The van der Waals surface area contributed by atoms with Gasteiger partial charge in [0, 0.05) is 18.6 Å². The van der Waals surface area contributed by atoms with E-state index in [1.54, 1.807) is 0 Å². The summed E-state index contributed by atoms with van der Waals surface area (Å²) in [7, 11) is 0. The maximum absolute atomic E-state index is 11.3. The molecule has 0 radical (unpaired) electrons. The molecule has 2 unspecified atom stereocenters. The molecule has 2 fully saturated rings. The first-order valence-electron chi connectivity index (χ1n) is 4.34. The van der Waals surface area contributed by atoms with E-state index in [-0.39, 0.29) is 6.03 Å². The third-order valence-corrected chi connectivity index (χ3v) is 2.63. The van der Waals surface area contributed by atoms with E-state index in [0.29, 0.717) is 12.1 Å². The molecule has 11 heavy (non-hydrogen) atoms. The van der Waals surface area contributed by atoms with Crippen LogP contribution in [0.4, 0.5) is 4.79 Å². The van der Waals surface area contributed by atoms with Gasteiger partial charge in [-0.15, -0.1) is 0 Å². The highest BCUT2D eigenvalue weighted by Crippen LogP contribution is 2.24. The van der Waals surface area contributed by atoms with Gasteiger partial charge in [0.1, 0.15) is 0 Å². The van der Waals surface area contributed by atoms with Crippen molar-refractivity contribution >= 4 is 6.03 Å². The van der Waals surface area contributed by atoms with Crippen molar-refractivity contribution in [3.63, 3.8) is 0 Å². The molecule has 2 aliphatic heterocycles. The fourth-order valence-corrected chi connectivity index (χ4v) is 2.11. The van der Waals surface area contributed by atoms with E-state index >= 15 is 0 Å². The Morgan fingerprint density at radius 2 is 2.45 bits per heavy atom. The van der Waals surface area contributed by atoms with Gasteiger partial charge in [-0.1, -0.05) is 0 Å². The number of fused-ring (bicyclic) bond motifs is 1. The van der Waals surface area contributed by atoms with Crippen LogP contribution >= 0.6 is 0 Å². The summed E-state index contributed by atoms with van der Waals surface area (Å²) in [6.07, 6.45) is 3.52. The quantitative estimate of drug-likeness (QED) is 0.553.